The first-order valence-corrected chi connectivity index (χ1v) is 10.6. The van der Waals surface area contributed by atoms with Crippen molar-refractivity contribution in [3.05, 3.63) is 77.9 Å². The maximum atomic E-state index is 2.26. The van der Waals surface area contributed by atoms with Crippen LogP contribution >= 0.6 is 0 Å². The Labute approximate surface area is 165 Å². The Morgan fingerprint density at radius 1 is 1.00 bits per heavy atom. The van der Waals surface area contributed by atoms with Crippen LogP contribution in [0, 0.1) is 5.92 Å². The standard InChI is InChI=1S/C21H24S.C4H10/c1-4-6-10-17(3)20-11-7-8-12-21(20)22-19-15-13-18(9-5-2)14-16-19;1-4(2)3/h4,6-8,10-16H,5,9H2,1-3H3;4H,1-3H3/p+1/b6-4-,17-10+;. The van der Waals surface area contributed by atoms with Crippen molar-refractivity contribution in [2.75, 3.05) is 0 Å². The Hall–Kier alpha value is -1.73. The van der Waals surface area contributed by atoms with Crippen LogP contribution in [-0.2, 0) is 18.2 Å². The fraction of sp³-hybridized carbons (Fsp3) is 0.360. The monoisotopic (exact) mass is 367 g/mol. The topological polar surface area (TPSA) is 0 Å². The molecule has 0 saturated heterocycles. The number of aryl methyl sites for hydroxylation is 1. The van der Waals surface area contributed by atoms with Crippen LogP contribution in [0.15, 0.2) is 76.5 Å². The van der Waals surface area contributed by atoms with E-state index in [9.17, 15) is 0 Å². The average molecular weight is 368 g/mol. The molecule has 0 fully saturated rings. The molecule has 0 spiro atoms. The summed E-state index contributed by atoms with van der Waals surface area (Å²) in [5.74, 6) is 0.833. The molecule has 0 amide bonds. The van der Waals surface area contributed by atoms with Crippen LogP contribution in [0.2, 0.25) is 0 Å². The van der Waals surface area contributed by atoms with E-state index in [1.807, 2.05) is 6.92 Å². The molecule has 0 radical (unpaired) electrons. The minimum atomic E-state index is 0.833. The van der Waals surface area contributed by atoms with Gasteiger partial charge in [0.15, 0.2) is 9.79 Å². The van der Waals surface area contributed by atoms with E-state index in [4.69, 9.17) is 0 Å². The Bertz CT molecular complexity index is 688. The smallest absolute Gasteiger partial charge is 0.0877 e. The molecule has 1 heteroatoms. The first-order valence-electron chi connectivity index (χ1n) is 9.67. The lowest BCUT2D eigenvalue weighted by molar-refractivity contribution is 0.737. The molecule has 140 valence electrons. The van der Waals surface area contributed by atoms with Crippen molar-refractivity contribution >= 4 is 17.3 Å². The Morgan fingerprint density at radius 3 is 2.19 bits per heavy atom. The predicted molar refractivity (Wildman–Crippen MR) is 121 cm³/mol. The molecule has 0 bridgehead atoms. The zero-order chi connectivity index (χ0) is 19.4. The summed E-state index contributed by atoms with van der Waals surface area (Å²) in [5.41, 5.74) is 4.07. The van der Waals surface area contributed by atoms with E-state index in [2.05, 4.69) is 101 Å². The maximum absolute atomic E-state index is 2.26. The molecule has 0 N–H and O–H groups in total. The van der Waals surface area contributed by atoms with Gasteiger partial charge in [0, 0.05) is 17.3 Å². The van der Waals surface area contributed by atoms with Gasteiger partial charge >= 0.3 is 0 Å². The molecule has 0 unspecified atom stereocenters. The number of allylic oxidation sites excluding steroid dienone is 4. The van der Waals surface area contributed by atoms with E-state index in [0.29, 0.717) is 0 Å². The summed E-state index contributed by atoms with van der Waals surface area (Å²) in [7, 11) is 0. The van der Waals surface area contributed by atoms with Gasteiger partial charge in [-0.1, -0.05) is 76.6 Å². The fourth-order valence-corrected chi connectivity index (χ4v) is 3.51. The van der Waals surface area contributed by atoms with Crippen LogP contribution in [0.1, 0.15) is 59.1 Å². The fourth-order valence-electron chi connectivity index (χ4n) is 2.40. The maximum Gasteiger partial charge on any atom is 0.165 e. The summed E-state index contributed by atoms with van der Waals surface area (Å²) in [5, 5.41) is 0. The summed E-state index contributed by atoms with van der Waals surface area (Å²) in [6, 6.07) is 17.7. The van der Waals surface area contributed by atoms with Gasteiger partial charge in [-0.2, -0.15) is 0 Å². The molecule has 0 atom stereocenters. The van der Waals surface area contributed by atoms with Gasteiger partial charge in [0.25, 0.3) is 0 Å². The van der Waals surface area contributed by atoms with Crippen molar-refractivity contribution in [3.8, 4) is 0 Å². The largest absolute Gasteiger partial charge is 0.165 e. The van der Waals surface area contributed by atoms with Gasteiger partial charge in [-0.3, -0.25) is 0 Å². The minimum absolute atomic E-state index is 0.833. The van der Waals surface area contributed by atoms with Crippen molar-refractivity contribution in [2.24, 2.45) is 5.92 Å². The predicted octanol–water partition coefficient (Wildman–Crippen LogP) is 7.51. The van der Waals surface area contributed by atoms with E-state index >= 15 is 0 Å². The highest BCUT2D eigenvalue weighted by atomic mass is 32.2. The summed E-state index contributed by atoms with van der Waals surface area (Å²) in [6.07, 6.45) is 8.71. The third-order valence-corrected chi connectivity index (χ3v) is 4.78. The number of hydrogen-bond acceptors (Lipinski definition) is 0. The second-order valence-corrected chi connectivity index (χ2v) is 8.37. The second-order valence-electron chi connectivity index (χ2n) is 7.15. The molecule has 0 saturated carbocycles. The normalized spacial score (nSPS) is 11.6. The van der Waals surface area contributed by atoms with Crippen molar-refractivity contribution in [3.63, 3.8) is 0 Å². The lowest BCUT2D eigenvalue weighted by atomic mass is 10.1. The van der Waals surface area contributed by atoms with E-state index in [-0.39, 0.29) is 0 Å². The molecular formula is C25H35S+. The minimum Gasteiger partial charge on any atom is -0.0877 e. The Kier molecular flexibility index (Phi) is 10.8. The SMILES string of the molecule is C/C=C\C=C(/C)c1ccccc1[SH+]c1ccc(CCC)cc1.CC(C)C. The van der Waals surface area contributed by atoms with Crippen molar-refractivity contribution < 1.29 is 0 Å². The highest BCUT2D eigenvalue weighted by Gasteiger charge is 2.13. The lowest BCUT2D eigenvalue weighted by Crippen LogP contribution is -1.92. The van der Waals surface area contributed by atoms with Crippen LogP contribution in [0.25, 0.3) is 5.57 Å². The van der Waals surface area contributed by atoms with Gasteiger partial charge in [-0.05, 0) is 61.6 Å². The number of hydrogen-bond donors (Lipinski definition) is 0. The first-order chi connectivity index (χ1) is 12.5. The zero-order valence-corrected chi connectivity index (χ0v) is 18.2. The highest BCUT2D eigenvalue weighted by Crippen LogP contribution is 2.24. The Balaban J connectivity index is 0.000000765. The van der Waals surface area contributed by atoms with Crippen LogP contribution < -0.4 is 0 Å². The molecule has 0 aliphatic heterocycles. The lowest BCUT2D eigenvalue weighted by Gasteiger charge is -2.04. The molecule has 2 aromatic carbocycles. The number of benzene rings is 2. The number of rotatable bonds is 6. The molecule has 26 heavy (non-hydrogen) atoms. The van der Waals surface area contributed by atoms with Crippen LogP contribution in [0.4, 0.5) is 0 Å². The quantitative estimate of drug-likeness (QED) is 0.281. The van der Waals surface area contributed by atoms with E-state index in [1.165, 1.54) is 51.1 Å². The second kappa shape index (κ2) is 12.6. The van der Waals surface area contributed by atoms with Gasteiger partial charge < -0.3 is 0 Å². The third-order valence-electron chi connectivity index (χ3n) is 3.59. The van der Waals surface area contributed by atoms with Gasteiger partial charge in [-0.15, -0.1) is 0 Å². The molecule has 0 aromatic heterocycles. The molecule has 2 aromatic rings. The summed E-state index contributed by atoms with van der Waals surface area (Å²) >= 11 is 1.27. The molecule has 0 aliphatic carbocycles. The van der Waals surface area contributed by atoms with Gasteiger partial charge in [0.2, 0.25) is 0 Å². The molecule has 0 heterocycles. The van der Waals surface area contributed by atoms with Crippen LogP contribution in [-0.4, -0.2) is 0 Å². The van der Waals surface area contributed by atoms with Crippen molar-refractivity contribution in [1.82, 2.24) is 0 Å². The zero-order valence-electron chi connectivity index (χ0n) is 17.3. The van der Waals surface area contributed by atoms with Crippen molar-refractivity contribution in [1.29, 1.82) is 0 Å². The van der Waals surface area contributed by atoms with Crippen molar-refractivity contribution in [2.45, 2.75) is 64.2 Å². The molecule has 2 rings (SSSR count). The van der Waals surface area contributed by atoms with E-state index in [1.54, 1.807) is 0 Å². The third kappa shape index (κ3) is 8.58. The molecule has 0 nitrogen and oxygen atoms in total. The van der Waals surface area contributed by atoms with Crippen LogP contribution in [0.3, 0.4) is 0 Å². The van der Waals surface area contributed by atoms with E-state index in [0.717, 1.165) is 5.92 Å². The Morgan fingerprint density at radius 2 is 1.62 bits per heavy atom. The van der Waals surface area contributed by atoms with Crippen LogP contribution in [0.5, 0.6) is 0 Å². The molecule has 0 aliphatic rings. The van der Waals surface area contributed by atoms with Gasteiger partial charge in [-0.25, -0.2) is 0 Å². The van der Waals surface area contributed by atoms with Gasteiger partial charge in [0.05, 0.1) is 0 Å². The summed E-state index contributed by atoms with van der Waals surface area (Å²) in [4.78, 5) is 2.72. The summed E-state index contributed by atoms with van der Waals surface area (Å²) in [6.45, 7) is 13.0. The number of thiol groups is 1. The summed E-state index contributed by atoms with van der Waals surface area (Å²) < 4.78 is 0. The first kappa shape index (κ1) is 22.3. The molecular weight excluding hydrogens is 332 g/mol. The average Bonchev–Trinajstić information content (AvgIpc) is 2.61. The van der Waals surface area contributed by atoms with E-state index < -0.39 is 0 Å². The van der Waals surface area contributed by atoms with Gasteiger partial charge in [0.1, 0.15) is 0 Å². The highest BCUT2D eigenvalue weighted by molar-refractivity contribution is 7.78.